The fourth-order valence-electron chi connectivity index (χ4n) is 3.43. The van der Waals surface area contributed by atoms with Crippen molar-refractivity contribution in [2.24, 2.45) is 16.5 Å². The van der Waals surface area contributed by atoms with Crippen LogP contribution in [0.1, 0.15) is 29.0 Å². The number of halogens is 2. The first kappa shape index (κ1) is 25.2. The summed E-state index contributed by atoms with van der Waals surface area (Å²) in [6.45, 7) is 0.300. The highest BCUT2D eigenvalue weighted by molar-refractivity contribution is 6.42. The fourth-order valence-corrected chi connectivity index (χ4v) is 3.74. The normalized spacial score (nSPS) is 12.3. The maximum Gasteiger partial charge on any atom is 0.252 e. The highest BCUT2D eigenvalue weighted by atomic mass is 35.5. The molecule has 0 saturated carbocycles. The van der Waals surface area contributed by atoms with Crippen LogP contribution in [0.3, 0.4) is 0 Å². The molecule has 0 saturated heterocycles. The van der Waals surface area contributed by atoms with Gasteiger partial charge < -0.3 is 22.5 Å². The van der Waals surface area contributed by atoms with Gasteiger partial charge in [0.05, 0.1) is 22.4 Å². The Morgan fingerprint density at radius 3 is 2.38 bits per heavy atom. The third kappa shape index (κ3) is 6.57. The van der Waals surface area contributed by atoms with Crippen LogP contribution in [-0.2, 0) is 16.0 Å². The highest BCUT2D eigenvalue weighted by Gasteiger charge is 2.21. The van der Waals surface area contributed by atoms with Crippen LogP contribution in [0.2, 0.25) is 10.0 Å². The monoisotopic (exact) mass is 497 g/mol. The van der Waals surface area contributed by atoms with Crippen molar-refractivity contribution in [3.8, 4) is 0 Å². The van der Waals surface area contributed by atoms with E-state index < -0.39 is 11.8 Å². The molecule has 1 unspecified atom stereocenters. The van der Waals surface area contributed by atoms with Crippen molar-refractivity contribution in [3.05, 3.63) is 93.5 Å². The molecule has 0 aliphatic rings. The van der Waals surface area contributed by atoms with Crippen molar-refractivity contribution in [1.29, 1.82) is 0 Å². The molecular weight excluding hydrogens is 473 g/mol. The van der Waals surface area contributed by atoms with Gasteiger partial charge in [0.2, 0.25) is 5.91 Å². The summed E-state index contributed by atoms with van der Waals surface area (Å²) in [5.74, 6) is -1.26. The Balaban J connectivity index is 1.79. The number of anilines is 2. The Bertz CT molecular complexity index is 1220. The molecule has 0 heterocycles. The van der Waals surface area contributed by atoms with Crippen LogP contribution in [-0.4, -0.2) is 24.2 Å². The first-order valence-corrected chi connectivity index (χ1v) is 11.3. The second-order valence-electron chi connectivity index (χ2n) is 7.65. The Labute approximate surface area is 207 Å². The van der Waals surface area contributed by atoms with Crippen molar-refractivity contribution in [2.45, 2.75) is 18.8 Å². The number of carbonyl (C=O) groups is 2. The topological polar surface area (TPSA) is 137 Å². The summed E-state index contributed by atoms with van der Waals surface area (Å²) in [6, 6.07) is 19.1. The average molecular weight is 498 g/mol. The minimum absolute atomic E-state index is 0.0301. The SMILES string of the molecule is NCCC(C(=O)Nc1ccc(N)c(C(N)=NC(=O)Cc2ccccc2)c1)c1ccc(Cl)c(Cl)c1. The van der Waals surface area contributed by atoms with Gasteiger partial charge in [-0.25, -0.2) is 0 Å². The van der Waals surface area contributed by atoms with Gasteiger partial charge in [-0.1, -0.05) is 59.6 Å². The first-order chi connectivity index (χ1) is 16.3. The predicted molar refractivity (Wildman–Crippen MR) is 138 cm³/mol. The molecule has 3 aromatic rings. The third-order valence-corrected chi connectivity index (χ3v) is 5.90. The molecule has 3 rings (SSSR count). The molecule has 0 aliphatic carbocycles. The second kappa shape index (κ2) is 11.7. The first-order valence-electron chi connectivity index (χ1n) is 10.5. The number of nitrogens with zero attached hydrogens (tertiary/aromatic N) is 1. The number of hydrogen-bond donors (Lipinski definition) is 4. The maximum absolute atomic E-state index is 13.1. The number of nitrogens with two attached hydrogens (primary N) is 3. The van der Waals surface area contributed by atoms with E-state index in [1.54, 1.807) is 36.4 Å². The molecule has 2 amide bonds. The van der Waals surface area contributed by atoms with E-state index >= 15 is 0 Å². The lowest BCUT2D eigenvalue weighted by atomic mass is 9.94. The number of benzene rings is 3. The average Bonchev–Trinajstić information content (AvgIpc) is 2.81. The zero-order valence-electron chi connectivity index (χ0n) is 18.3. The highest BCUT2D eigenvalue weighted by Crippen LogP contribution is 2.29. The summed E-state index contributed by atoms with van der Waals surface area (Å²) in [5, 5.41) is 3.61. The standard InChI is InChI=1S/C25H25Cl2N5O2/c26-20-8-6-16(13-21(20)27)18(10-11-28)25(34)31-17-7-9-22(29)19(14-17)24(30)32-23(33)12-15-4-2-1-3-5-15/h1-9,13-14,18H,10-12,28-29H2,(H,31,34)(H2,30,32,33). The van der Waals surface area contributed by atoms with E-state index in [2.05, 4.69) is 10.3 Å². The van der Waals surface area contributed by atoms with E-state index in [1.165, 1.54) is 0 Å². The molecular formula is C25H25Cl2N5O2. The molecule has 34 heavy (non-hydrogen) atoms. The Morgan fingerprint density at radius 2 is 1.71 bits per heavy atom. The van der Waals surface area contributed by atoms with Crippen LogP contribution < -0.4 is 22.5 Å². The largest absolute Gasteiger partial charge is 0.398 e. The van der Waals surface area contributed by atoms with Crippen LogP contribution in [0.5, 0.6) is 0 Å². The van der Waals surface area contributed by atoms with Crippen molar-refractivity contribution < 1.29 is 9.59 Å². The van der Waals surface area contributed by atoms with Gasteiger partial charge in [0.25, 0.3) is 5.91 Å². The number of amidine groups is 1. The molecule has 0 fully saturated rings. The summed E-state index contributed by atoms with van der Waals surface area (Å²) in [7, 11) is 0. The van der Waals surface area contributed by atoms with Gasteiger partial charge in [-0.05, 0) is 54.4 Å². The lowest BCUT2D eigenvalue weighted by Gasteiger charge is -2.18. The molecule has 3 aromatic carbocycles. The molecule has 0 aromatic heterocycles. The van der Waals surface area contributed by atoms with Crippen molar-refractivity contribution in [1.82, 2.24) is 0 Å². The smallest absolute Gasteiger partial charge is 0.252 e. The molecule has 176 valence electrons. The second-order valence-corrected chi connectivity index (χ2v) is 8.46. The molecule has 1 atom stereocenters. The molecule has 7 nitrogen and oxygen atoms in total. The summed E-state index contributed by atoms with van der Waals surface area (Å²) in [5.41, 5.74) is 20.5. The zero-order valence-corrected chi connectivity index (χ0v) is 19.8. The van der Waals surface area contributed by atoms with E-state index in [-0.39, 0.29) is 18.2 Å². The van der Waals surface area contributed by atoms with E-state index in [0.29, 0.717) is 45.5 Å². The lowest BCUT2D eigenvalue weighted by molar-refractivity contribution is -0.118. The van der Waals surface area contributed by atoms with Gasteiger partial charge in [-0.2, -0.15) is 4.99 Å². The van der Waals surface area contributed by atoms with Crippen molar-refractivity contribution in [3.63, 3.8) is 0 Å². The van der Waals surface area contributed by atoms with Crippen molar-refractivity contribution in [2.75, 3.05) is 17.6 Å². The minimum atomic E-state index is -0.542. The summed E-state index contributed by atoms with van der Waals surface area (Å²) >= 11 is 12.1. The van der Waals surface area contributed by atoms with Gasteiger partial charge in [0.1, 0.15) is 5.84 Å². The lowest BCUT2D eigenvalue weighted by Crippen LogP contribution is -2.24. The Kier molecular flexibility index (Phi) is 8.65. The number of aliphatic imine (C=N–C) groups is 1. The molecule has 0 aliphatic heterocycles. The number of nitrogens with one attached hydrogen (secondary N) is 1. The van der Waals surface area contributed by atoms with E-state index in [1.807, 2.05) is 30.3 Å². The Hall–Kier alpha value is -3.39. The van der Waals surface area contributed by atoms with E-state index in [0.717, 1.165) is 5.56 Å². The van der Waals surface area contributed by atoms with Crippen LogP contribution >= 0.6 is 23.2 Å². The molecule has 0 bridgehead atoms. The third-order valence-electron chi connectivity index (χ3n) is 5.16. The molecule has 7 N–H and O–H groups in total. The molecule has 0 radical (unpaired) electrons. The van der Waals surface area contributed by atoms with Gasteiger partial charge in [-0.3, -0.25) is 9.59 Å². The fraction of sp³-hybridized carbons (Fsp3) is 0.160. The summed E-state index contributed by atoms with van der Waals surface area (Å²) < 4.78 is 0. The van der Waals surface area contributed by atoms with Gasteiger partial charge >= 0.3 is 0 Å². The minimum Gasteiger partial charge on any atom is -0.398 e. The van der Waals surface area contributed by atoms with Gasteiger partial charge in [-0.15, -0.1) is 0 Å². The maximum atomic E-state index is 13.1. The van der Waals surface area contributed by atoms with Crippen LogP contribution in [0.4, 0.5) is 11.4 Å². The Morgan fingerprint density at radius 1 is 0.971 bits per heavy atom. The number of hydrogen-bond acceptors (Lipinski definition) is 4. The molecule has 9 heteroatoms. The number of amides is 2. The number of nitrogen functional groups attached to an aromatic ring is 1. The zero-order chi connectivity index (χ0) is 24.7. The van der Waals surface area contributed by atoms with Crippen LogP contribution in [0, 0.1) is 0 Å². The van der Waals surface area contributed by atoms with E-state index in [4.69, 9.17) is 40.4 Å². The van der Waals surface area contributed by atoms with Crippen molar-refractivity contribution >= 4 is 52.2 Å². The predicted octanol–water partition coefficient (Wildman–Crippen LogP) is 4.12. The van der Waals surface area contributed by atoms with E-state index in [9.17, 15) is 9.59 Å². The van der Waals surface area contributed by atoms with Crippen LogP contribution in [0.15, 0.2) is 71.7 Å². The summed E-state index contributed by atoms with van der Waals surface area (Å²) in [6.07, 6.45) is 0.519. The van der Waals surface area contributed by atoms with Crippen LogP contribution in [0.25, 0.3) is 0 Å². The number of rotatable bonds is 8. The van der Waals surface area contributed by atoms with Gasteiger partial charge in [0.15, 0.2) is 0 Å². The quantitative estimate of drug-likeness (QED) is 0.210. The molecule has 0 spiro atoms. The summed E-state index contributed by atoms with van der Waals surface area (Å²) in [4.78, 5) is 29.4. The number of carbonyl (C=O) groups excluding carboxylic acids is 2. The van der Waals surface area contributed by atoms with Gasteiger partial charge in [0, 0.05) is 16.9 Å².